The monoisotopic (exact) mass is 282 g/mol. The zero-order valence-corrected chi connectivity index (χ0v) is 11.9. The van der Waals surface area contributed by atoms with E-state index in [0.29, 0.717) is 11.5 Å². The van der Waals surface area contributed by atoms with Gasteiger partial charge in [0.1, 0.15) is 5.75 Å². The summed E-state index contributed by atoms with van der Waals surface area (Å²) in [6.07, 6.45) is 2.77. The lowest BCUT2D eigenvalue weighted by molar-refractivity contribution is -0.128. The maximum Gasteiger partial charge on any atom is 0.276 e. The highest BCUT2D eigenvalue weighted by Gasteiger charge is 2.04. The van der Waals surface area contributed by atoms with Gasteiger partial charge in [0.2, 0.25) is 5.91 Å². The number of thioether (sulfide) groups is 1. The molecule has 0 aliphatic heterocycles. The average molecular weight is 282 g/mol. The standard InChI is InChI=1S/C13H18N2O3S/c1-3-10-4-6-11(7-5-10)18-8-12(16)14-15-13(17)9-19-2/h4-7H,3,8-9H2,1-2H3,(H,14,16)(H,15,17). The molecule has 0 aliphatic rings. The number of rotatable bonds is 6. The van der Waals surface area contributed by atoms with Crippen LogP contribution in [0, 0.1) is 0 Å². The zero-order chi connectivity index (χ0) is 14.1. The predicted octanol–water partition coefficient (Wildman–Crippen LogP) is 1.14. The van der Waals surface area contributed by atoms with Crippen molar-refractivity contribution in [1.82, 2.24) is 10.9 Å². The molecule has 0 saturated carbocycles. The van der Waals surface area contributed by atoms with Crippen molar-refractivity contribution in [1.29, 1.82) is 0 Å². The Hall–Kier alpha value is -1.69. The van der Waals surface area contributed by atoms with Gasteiger partial charge in [-0.15, -0.1) is 0 Å². The van der Waals surface area contributed by atoms with Crippen LogP contribution in [0.15, 0.2) is 24.3 Å². The maximum atomic E-state index is 11.4. The van der Waals surface area contributed by atoms with Crippen molar-refractivity contribution < 1.29 is 14.3 Å². The summed E-state index contributed by atoms with van der Waals surface area (Å²) in [7, 11) is 0. The van der Waals surface area contributed by atoms with Gasteiger partial charge in [0, 0.05) is 0 Å². The molecule has 2 amide bonds. The van der Waals surface area contributed by atoms with Crippen LogP contribution in [0.25, 0.3) is 0 Å². The third-order valence-corrected chi connectivity index (χ3v) is 2.87. The van der Waals surface area contributed by atoms with E-state index < -0.39 is 5.91 Å². The smallest absolute Gasteiger partial charge is 0.276 e. The van der Waals surface area contributed by atoms with Gasteiger partial charge in [0.05, 0.1) is 5.75 Å². The fourth-order valence-electron chi connectivity index (χ4n) is 1.31. The van der Waals surface area contributed by atoms with Crippen molar-refractivity contribution in [2.45, 2.75) is 13.3 Å². The highest BCUT2D eigenvalue weighted by molar-refractivity contribution is 7.99. The molecule has 0 bridgehead atoms. The van der Waals surface area contributed by atoms with Gasteiger partial charge in [-0.25, -0.2) is 0 Å². The number of benzene rings is 1. The van der Waals surface area contributed by atoms with E-state index in [2.05, 4.69) is 17.8 Å². The van der Waals surface area contributed by atoms with Crippen LogP contribution in [0.5, 0.6) is 5.75 Å². The molecule has 0 aromatic heterocycles. The van der Waals surface area contributed by atoms with Gasteiger partial charge in [0.25, 0.3) is 5.91 Å². The predicted molar refractivity (Wildman–Crippen MR) is 76.0 cm³/mol. The molecule has 2 N–H and O–H groups in total. The number of nitrogens with one attached hydrogen (secondary N) is 2. The third kappa shape index (κ3) is 6.15. The molecule has 6 heteroatoms. The van der Waals surface area contributed by atoms with Crippen molar-refractivity contribution >= 4 is 23.6 Å². The molecule has 0 saturated heterocycles. The second-order valence-corrected chi connectivity index (χ2v) is 4.68. The summed E-state index contributed by atoms with van der Waals surface area (Å²) in [5.41, 5.74) is 5.79. The van der Waals surface area contributed by atoms with E-state index in [1.807, 2.05) is 30.5 Å². The second-order valence-electron chi connectivity index (χ2n) is 3.82. The SMILES string of the molecule is CCc1ccc(OCC(=O)NNC(=O)CSC)cc1. The highest BCUT2D eigenvalue weighted by Crippen LogP contribution is 2.12. The van der Waals surface area contributed by atoms with Crippen LogP contribution in [-0.2, 0) is 16.0 Å². The highest BCUT2D eigenvalue weighted by atomic mass is 32.2. The van der Waals surface area contributed by atoms with Gasteiger partial charge >= 0.3 is 0 Å². The first-order valence-electron chi connectivity index (χ1n) is 5.94. The fourth-order valence-corrected chi connectivity index (χ4v) is 1.65. The minimum Gasteiger partial charge on any atom is -0.484 e. The Morgan fingerprint density at radius 3 is 2.37 bits per heavy atom. The molecule has 0 spiro atoms. The number of aryl methyl sites for hydroxylation is 1. The van der Waals surface area contributed by atoms with Gasteiger partial charge in [0.15, 0.2) is 6.61 Å². The first kappa shape index (κ1) is 15.4. The average Bonchev–Trinajstić information content (AvgIpc) is 2.44. The van der Waals surface area contributed by atoms with E-state index in [-0.39, 0.29) is 12.5 Å². The Bertz CT molecular complexity index is 420. The van der Waals surface area contributed by atoms with E-state index in [9.17, 15) is 9.59 Å². The number of carbonyl (C=O) groups is 2. The summed E-state index contributed by atoms with van der Waals surface area (Å²) < 4.78 is 5.29. The quantitative estimate of drug-likeness (QED) is 0.768. The zero-order valence-electron chi connectivity index (χ0n) is 11.1. The third-order valence-electron chi connectivity index (χ3n) is 2.32. The Labute approximate surface area is 117 Å². The van der Waals surface area contributed by atoms with Gasteiger partial charge in [-0.3, -0.25) is 20.4 Å². The maximum absolute atomic E-state index is 11.4. The van der Waals surface area contributed by atoms with Gasteiger partial charge < -0.3 is 4.74 Å². The molecule has 0 heterocycles. The molecule has 0 unspecified atom stereocenters. The van der Waals surface area contributed by atoms with E-state index in [4.69, 9.17) is 4.74 Å². The number of hydrogen-bond donors (Lipinski definition) is 2. The molecule has 5 nitrogen and oxygen atoms in total. The number of carbonyl (C=O) groups excluding carboxylic acids is 2. The van der Waals surface area contributed by atoms with E-state index >= 15 is 0 Å². The molecule has 19 heavy (non-hydrogen) atoms. The van der Waals surface area contributed by atoms with Crippen LogP contribution >= 0.6 is 11.8 Å². The molecule has 104 valence electrons. The van der Waals surface area contributed by atoms with Gasteiger partial charge in [-0.05, 0) is 30.4 Å². The second kappa shape index (κ2) is 8.42. The first-order valence-corrected chi connectivity index (χ1v) is 7.33. The van der Waals surface area contributed by atoms with Crippen LogP contribution in [0.4, 0.5) is 0 Å². The summed E-state index contributed by atoms with van der Waals surface area (Å²) >= 11 is 1.38. The summed E-state index contributed by atoms with van der Waals surface area (Å²) in [6.45, 7) is 1.94. The lowest BCUT2D eigenvalue weighted by Crippen LogP contribution is -2.44. The van der Waals surface area contributed by atoms with Crippen molar-refractivity contribution in [2.24, 2.45) is 0 Å². The van der Waals surface area contributed by atoms with Crippen LogP contribution < -0.4 is 15.6 Å². The number of hydrazine groups is 1. The number of ether oxygens (including phenoxy) is 1. The number of hydrogen-bond acceptors (Lipinski definition) is 4. The van der Waals surface area contributed by atoms with Crippen LogP contribution in [0.2, 0.25) is 0 Å². The Morgan fingerprint density at radius 1 is 1.16 bits per heavy atom. The Balaban J connectivity index is 2.27. The Kier molecular flexibility index (Phi) is 6.81. The van der Waals surface area contributed by atoms with E-state index in [1.165, 1.54) is 17.3 Å². The van der Waals surface area contributed by atoms with Gasteiger partial charge in [-0.1, -0.05) is 19.1 Å². The van der Waals surface area contributed by atoms with Crippen LogP contribution in [-0.4, -0.2) is 30.4 Å². The van der Waals surface area contributed by atoms with Gasteiger partial charge in [-0.2, -0.15) is 11.8 Å². The molecule has 1 aromatic carbocycles. The lowest BCUT2D eigenvalue weighted by atomic mass is 10.2. The molecular formula is C13H18N2O3S. The molecule has 1 aromatic rings. The fraction of sp³-hybridized carbons (Fsp3) is 0.385. The van der Waals surface area contributed by atoms with Crippen LogP contribution in [0.1, 0.15) is 12.5 Å². The summed E-state index contributed by atoms with van der Waals surface area (Å²) in [4.78, 5) is 22.5. The van der Waals surface area contributed by atoms with Crippen molar-refractivity contribution in [3.8, 4) is 5.75 Å². The summed E-state index contributed by atoms with van der Waals surface area (Å²) in [5, 5.41) is 0. The molecule has 0 fully saturated rings. The normalized spacial score (nSPS) is 9.79. The topological polar surface area (TPSA) is 67.4 Å². The molecule has 0 radical (unpaired) electrons. The minimum atomic E-state index is -0.394. The van der Waals surface area contributed by atoms with E-state index in [0.717, 1.165) is 6.42 Å². The first-order chi connectivity index (χ1) is 9.15. The molecular weight excluding hydrogens is 264 g/mol. The Morgan fingerprint density at radius 2 is 1.79 bits per heavy atom. The lowest BCUT2D eigenvalue weighted by Gasteiger charge is -2.08. The summed E-state index contributed by atoms with van der Waals surface area (Å²) in [5.74, 6) is 0.296. The van der Waals surface area contributed by atoms with Crippen molar-refractivity contribution in [3.05, 3.63) is 29.8 Å². The molecule has 1 rings (SSSR count). The summed E-state index contributed by atoms with van der Waals surface area (Å²) in [6, 6.07) is 7.54. The van der Waals surface area contributed by atoms with Crippen molar-refractivity contribution in [3.63, 3.8) is 0 Å². The van der Waals surface area contributed by atoms with Crippen molar-refractivity contribution in [2.75, 3.05) is 18.6 Å². The molecule has 0 atom stereocenters. The molecule has 0 aliphatic carbocycles. The van der Waals surface area contributed by atoms with Crippen LogP contribution in [0.3, 0.4) is 0 Å². The minimum absolute atomic E-state index is 0.134. The number of amides is 2. The largest absolute Gasteiger partial charge is 0.484 e. The van der Waals surface area contributed by atoms with E-state index in [1.54, 1.807) is 0 Å².